The quantitative estimate of drug-likeness (QED) is 0.164. The van der Waals surface area contributed by atoms with Crippen molar-refractivity contribution in [2.45, 2.75) is 57.8 Å². The van der Waals surface area contributed by atoms with E-state index in [0.717, 1.165) is 34.1 Å². The summed E-state index contributed by atoms with van der Waals surface area (Å²) in [5.74, 6) is 0. The van der Waals surface area contributed by atoms with E-state index in [2.05, 4.69) is 282 Å². The third-order valence-corrected chi connectivity index (χ3v) is 19.0. The van der Waals surface area contributed by atoms with Crippen molar-refractivity contribution in [3.8, 4) is 22.3 Å². The Morgan fingerprint density at radius 3 is 1.22 bits per heavy atom. The summed E-state index contributed by atoms with van der Waals surface area (Å²) in [6.45, 7) is 13.8. The average Bonchev–Trinajstić information content (AvgIpc) is 4.02. The summed E-state index contributed by atoms with van der Waals surface area (Å²) in [6.07, 6.45) is 0. The van der Waals surface area contributed by atoms with Gasteiger partial charge in [0.2, 0.25) is 0 Å². The van der Waals surface area contributed by atoms with Crippen molar-refractivity contribution in [2.24, 2.45) is 0 Å². The van der Waals surface area contributed by atoms with Crippen molar-refractivity contribution in [3.63, 3.8) is 0 Å². The topological polar surface area (TPSA) is 6.48 Å². The second-order valence-corrected chi connectivity index (χ2v) is 25.5. The number of thiophene rings is 2. The molecule has 0 atom stereocenters. The van der Waals surface area contributed by atoms with Crippen LogP contribution >= 0.6 is 22.7 Å². The maximum atomic E-state index is 2.54. The molecule has 0 fully saturated rings. The van der Waals surface area contributed by atoms with E-state index in [0.29, 0.717) is 0 Å². The minimum atomic E-state index is -0.566. The van der Waals surface area contributed by atoms with E-state index in [1.165, 1.54) is 107 Å². The predicted octanol–water partition coefficient (Wildman–Crippen LogP) is 21.5. The number of anilines is 6. The first-order valence-electron chi connectivity index (χ1n) is 27.0. The van der Waals surface area contributed by atoms with Gasteiger partial charge in [0.1, 0.15) is 0 Å². The van der Waals surface area contributed by atoms with Crippen LogP contribution in [0.1, 0.15) is 74.9 Å². The van der Waals surface area contributed by atoms with Crippen molar-refractivity contribution in [3.05, 3.63) is 264 Å². The van der Waals surface area contributed by atoms with Gasteiger partial charge in [-0.2, -0.15) is 0 Å². The first-order chi connectivity index (χ1) is 37.4. The SMILES string of the molecule is CC(C)(C)c1ccc(N(c2ccc3c(c2)C2(c4ccccc4-c4ccccc42)c2cc4cc(N(c5ccc(C(C)(C)C)cc5)c5ccc6c(c5)sc5ccccc56)ccc4cc2-3)c2ccc3c(c2)sc2ccccc23)cc1. The summed E-state index contributed by atoms with van der Waals surface area (Å²) in [5.41, 5.74) is 19.4. The third kappa shape index (κ3) is 7.05. The van der Waals surface area contributed by atoms with Crippen LogP contribution in [0.15, 0.2) is 231 Å². The highest BCUT2D eigenvalue weighted by molar-refractivity contribution is 7.26. The van der Waals surface area contributed by atoms with Crippen LogP contribution < -0.4 is 9.80 Å². The van der Waals surface area contributed by atoms with Crippen molar-refractivity contribution in [2.75, 3.05) is 9.80 Å². The Bertz CT molecular complexity index is 4490. The van der Waals surface area contributed by atoms with Gasteiger partial charge in [-0.3, -0.25) is 0 Å². The molecule has 13 aromatic rings. The molecule has 0 amide bonds. The van der Waals surface area contributed by atoms with E-state index in [9.17, 15) is 0 Å². The van der Waals surface area contributed by atoms with E-state index in [-0.39, 0.29) is 10.8 Å². The number of nitrogens with zero attached hydrogens (tertiary/aromatic N) is 2. The van der Waals surface area contributed by atoms with Crippen LogP contribution in [0.3, 0.4) is 0 Å². The highest BCUT2D eigenvalue weighted by atomic mass is 32.1. The fraction of sp³-hybridized carbons (Fsp3) is 0.123. The molecule has 2 aliphatic carbocycles. The molecule has 77 heavy (non-hydrogen) atoms. The largest absolute Gasteiger partial charge is 0.310 e. The molecule has 0 N–H and O–H groups in total. The minimum absolute atomic E-state index is 0.0303. The van der Waals surface area contributed by atoms with Crippen LogP contribution in [0, 0.1) is 0 Å². The van der Waals surface area contributed by atoms with E-state index in [4.69, 9.17) is 0 Å². The van der Waals surface area contributed by atoms with E-state index >= 15 is 0 Å². The normalized spacial score (nSPS) is 13.4. The fourth-order valence-electron chi connectivity index (χ4n) is 13.0. The molecule has 0 aliphatic heterocycles. The monoisotopic (exact) mass is 1020 g/mol. The maximum absolute atomic E-state index is 2.54. The van der Waals surface area contributed by atoms with Crippen LogP contribution in [-0.4, -0.2) is 0 Å². The van der Waals surface area contributed by atoms with Gasteiger partial charge in [-0.25, -0.2) is 0 Å². The summed E-state index contributed by atoms with van der Waals surface area (Å²) in [7, 11) is 0. The van der Waals surface area contributed by atoms with Crippen LogP contribution in [0.25, 0.3) is 73.4 Å². The molecule has 0 bridgehead atoms. The lowest BCUT2D eigenvalue weighted by Gasteiger charge is -2.32. The average molecular weight is 1030 g/mol. The van der Waals surface area contributed by atoms with Crippen LogP contribution in [0.5, 0.6) is 0 Å². The van der Waals surface area contributed by atoms with Gasteiger partial charge >= 0.3 is 0 Å². The molecule has 370 valence electrons. The molecular formula is C73H56N2S2. The van der Waals surface area contributed by atoms with Crippen molar-refractivity contribution >= 4 is 108 Å². The van der Waals surface area contributed by atoms with Crippen LogP contribution in [0.2, 0.25) is 0 Å². The molecule has 15 rings (SSSR count). The Labute approximate surface area is 458 Å². The van der Waals surface area contributed by atoms with E-state index in [1.807, 2.05) is 22.7 Å². The second kappa shape index (κ2) is 16.9. The standard InChI is InChI=1S/C73H56N2S2/c1-71(2,3)47-24-29-49(30-25-47)74(53-34-37-60-58-17-9-13-21-67(58)76-69(60)43-53)51-28-23-45-40-62-57-36-33-52(42-66(57)73(65(62)41-46(45)39-51)63-19-11-7-15-55(63)56-16-8-12-20-64(56)73)75(50-31-26-48(27-32-50)72(4,5)6)54-35-38-61-59-18-10-14-22-68(59)77-70(61)44-54/h7-44H,1-6H3. The van der Waals surface area contributed by atoms with Gasteiger partial charge in [0.15, 0.2) is 0 Å². The summed E-state index contributed by atoms with van der Waals surface area (Å²) < 4.78 is 5.20. The van der Waals surface area contributed by atoms with Gasteiger partial charge in [0.25, 0.3) is 0 Å². The molecular weight excluding hydrogens is 969 g/mol. The highest BCUT2D eigenvalue weighted by Gasteiger charge is 2.52. The number of rotatable bonds is 6. The van der Waals surface area contributed by atoms with Crippen molar-refractivity contribution in [1.29, 1.82) is 0 Å². The Hall–Kier alpha value is -8.28. The van der Waals surface area contributed by atoms with Gasteiger partial charge in [-0.05, 0) is 174 Å². The second-order valence-electron chi connectivity index (χ2n) is 23.3. The lowest BCUT2D eigenvalue weighted by Crippen LogP contribution is -2.26. The van der Waals surface area contributed by atoms with Gasteiger partial charge in [-0.15, -0.1) is 22.7 Å². The van der Waals surface area contributed by atoms with Gasteiger partial charge in [0, 0.05) is 74.5 Å². The molecule has 0 saturated carbocycles. The van der Waals surface area contributed by atoms with Crippen molar-refractivity contribution < 1.29 is 0 Å². The zero-order valence-corrected chi connectivity index (χ0v) is 45.8. The Kier molecular flexibility index (Phi) is 10.1. The van der Waals surface area contributed by atoms with Crippen molar-refractivity contribution in [1.82, 2.24) is 0 Å². The summed E-state index contributed by atoms with van der Waals surface area (Å²) in [6, 6.07) is 88.0. The summed E-state index contributed by atoms with van der Waals surface area (Å²) in [4.78, 5) is 4.94. The van der Waals surface area contributed by atoms with E-state index in [1.54, 1.807) is 0 Å². The minimum Gasteiger partial charge on any atom is -0.310 e. The van der Waals surface area contributed by atoms with Gasteiger partial charge in [-0.1, -0.05) is 175 Å². The number of benzene rings is 11. The number of hydrogen-bond donors (Lipinski definition) is 0. The molecule has 11 aromatic carbocycles. The lowest BCUT2D eigenvalue weighted by molar-refractivity contribution is 0.590. The number of hydrogen-bond acceptors (Lipinski definition) is 4. The molecule has 0 radical (unpaired) electrons. The number of fused-ring (bicyclic) bond motifs is 17. The highest BCUT2D eigenvalue weighted by Crippen LogP contribution is 2.64. The molecule has 1 spiro atoms. The molecule has 0 saturated heterocycles. The third-order valence-electron chi connectivity index (χ3n) is 16.8. The zero-order valence-electron chi connectivity index (χ0n) is 44.2. The smallest absolute Gasteiger partial charge is 0.0726 e. The summed E-state index contributed by atoms with van der Waals surface area (Å²) >= 11 is 3.75. The fourth-order valence-corrected chi connectivity index (χ4v) is 15.2. The van der Waals surface area contributed by atoms with Crippen LogP contribution in [-0.2, 0) is 16.2 Å². The first-order valence-corrected chi connectivity index (χ1v) is 28.6. The van der Waals surface area contributed by atoms with Crippen LogP contribution in [0.4, 0.5) is 34.1 Å². The Morgan fingerprint density at radius 2 is 0.688 bits per heavy atom. The molecule has 2 heterocycles. The zero-order chi connectivity index (χ0) is 52.0. The molecule has 2 nitrogen and oxygen atoms in total. The maximum Gasteiger partial charge on any atom is 0.0726 e. The summed E-state index contributed by atoms with van der Waals surface area (Å²) in [5, 5.41) is 7.66. The van der Waals surface area contributed by atoms with E-state index < -0.39 is 5.41 Å². The van der Waals surface area contributed by atoms with Gasteiger partial charge < -0.3 is 9.80 Å². The van der Waals surface area contributed by atoms with Gasteiger partial charge in [0.05, 0.1) is 5.41 Å². The first kappa shape index (κ1) is 46.1. The molecule has 2 aliphatic rings. The molecule has 0 unspecified atom stereocenters. The molecule has 2 aromatic heterocycles. The molecule has 4 heteroatoms. The predicted molar refractivity (Wildman–Crippen MR) is 333 cm³/mol. The lowest BCUT2D eigenvalue weighted by atomic mass is 9.70. The Balaban J connectivity index is 0.940. The Morgan fingerprint density at radius 1 is 0.286 bits per heavy atom.